The van der Waals surface area contributed by atoms with Crippen LogP contribution in [0.15, 0.2) is 38.8 Å². The summed E-state index contributed by atoms with van der Waals surface area (Å²) >= 11 is 5.64. The van der Waals surface area contributed by atoms with Crippen molar-refractivity contribution in [3.05, 3.63) is 49.4 Å². The summed E-state index contributed by atoms with van der Waals surface area (Å²) in [6, 6.07) is 6.11. The normalized spacial score (nSPS) is 17.4. The van der Waals surface area contributed by atoms with E-state index in [1.165, 1.54) is 26.2 Å². The fourth-order valence-electron chi connectivity index (χ4n) is 2.70. The van der Waals surface area contributed by atoms with Crippen LogP contribution in [0, 0.1) is 5.92 Å². The van der Waals surface area contributed by atoms with Crippen LogP contribution in [0.1, 0.15) is 54.0 Å². The third-order valence-electron chi connectivity index (χ3n) is 4.66. The molecule has 24 heavy (non-hydrogen) atoms. The molecule has 1 aliphatic rings. The number of benzene rings is 1. The summed E-state index contributed by atoms with van der Waals surface area (Å²) in [4.78, 5) is 0. The molecule has 0 spiro atoms. The Morgan fingerprint density at radius 1 is 1.00 bits per heavy atom. The van der Waals surface area contributed by atoms with E-state index in [4.69, 9.17) is 14.9 Å². The fraction of sp³-hybridized carbons (Fsp3) is 0.474. The Hall–Kier alpha value is 0.0843. The van der Waals surface area contributed by atoms with Gasteiger partial charge in [0, 0.05) is 0 Å². The van der Waals surface area contributed by atoms with Gasteiger partial charge in [-0.2, -0.15) is 0 Å². The van der Waals surface area contributed by atoms with E-state index in [1.54, 1.807) is 0 Å². The quantitative estimate of drug-likeness (QED) is 0.469. The summed E-state index contributed by atoms with van der Waals surface area (Å²) in [7, 11) is 0. The van der Waals surface area contributed by atoms with Crippen LogP contribution >= 0.6 is 36.4 Å². The van der Waals surface area contributed by atoms with Crippen LogP contribution in [0.3, 0.4) is 0 Å². The molecule has 0 aromatic heterocycles. The second-order valence-corrected chi connectivity index (χ2v) is 9.11. The number of allylic oxidation sites excluding steroid dienone is 4. The Labute approximate surface area is 173 Å². The summed E-state index contributed by atoms with van der Waals surface area (Å²) in [6.45, 7) is 15.6. The smallest absolute Gasteiger partial charge is 0.147 e. The molecule has 2 rings (SSSR count). The van der Waals surface area contributed by atoms with Gasteiger partial charge in [0.1, 0.15) is 0 Å². The molecule has 1 aliphatic carbocycles. The minimum absolute atomic E-state index is 0. The van der Waals surface area contributed by atoms with Gasteiger partial charge in [-0.1, -0.05) is 0 Å². The molecule has 134 valence electrons. The van der Waals surface area contributed by atoms with Gasteiger partial charge >= 0.3 is 149 Å². The molecule has 0 fully saturated rings. The predicted molar refractivity (Wildman–Crippen MR) is 106 cm³/mol. The minimum Gasteiger partial charge on any atom is -0.147 e. The van der Waals surface area contributed by atoms with Gasteiger partial charge in [0.2, 0.25) is 0 Å². The summed E-state index contributed by atoms with van der Waals surface area (Å²) in [5.74, 6) is 1.44. The van der Waals surface area contributed by atoms with Gasteiger partial charge in [0.25, 0.3) is 0 Å². The monoisotopic (exact) mass is 424 g/mol. The maximum absolute atomic E-state index is 6.27. The maximum atomic E-state index is 6.27. The third-order valence-corrected chi connectivity index (χ3v) is 7.01. The molecule has 0 amide bonds. The van der Waals surface area contributed by atoms with Crippen molar-refractivity contribution >= 4 is 36.4 Å². The number of halogens is 3. The van der Waals surface area contributed by atoms with Crippen molar-refractivity contribution in [2.45, 2.75) is 53.9 Å². The molecule has 0 saturated heterocycles. The number of rotatable bonds is 3. The minimum atomic E-state index is -0.626. The Morgan fingerprint density at radius 3 is 2.04 bits per heavy atom. The zero-order valence-corrected chi connectivity index (χ0v) is 19.4. The van der Waals surface area contributed by atoms with E-state index in [9.17, 15) is 0 Å². The molecular formula is C19H27Cl3OTi. The molecule has 1 aromatic rings. The van der Waals surface area contributed by atoms with E-state index >= 15 is 0 Å². The zero-order valence-electron chi connectivity index (χ0n) is 15.4. The van der Waals surface area contributed by atoms with Crippen molar-refractivity contribution in [2.75, 3.05) is 0 Å². The molecule has 0 radical (unpaired) electrons. The summed E-state index contributed by atoms with van der Waals surface area (Å²) < 4.78 is 7.71. The average Bonchev–Trinajstić information content (AvgIpc) is 2.60. The van der Waals surface area contributed by atoms with Crippen LogP contribution < -0.4 is 3.32 Å². The Bertz CT molecular complexity index is 657. The van der Waals surface area contributed by atoms with Gasteiger partial charge in [-0.25, -0.2) is 0 Å². The van der Waals surface area contributed by atoms with Crippen molar-refractivity contribution in [1.29, 1.82) is 0 Å². The van der Waals surface area contributed by atoms with Crippen molar-refractivity contribution in [1.82, 2.24) is 0 Å². The Kier molecular flexibility index (Phi) is 9.18. The Morgan fingerprint density at radius 2 is 1.58 bits per heavy atom. The summed E-state index contributed by atoms with van der Waals surface area (Å²) in [5.41, 5.74) is 5.66. The molecule has 1 nitrogen and oxygen atoms in total. The van der Waals surface area contributed by atoms with Gasteiger partial charge < -0.3 is 0 Å². The van der Waals surface area contributed by atoms with E-state index < -0.39 is 19.5 Å². The molecular weight excluding hydrogens is 398 g/mol. The summed E-state index contributed by atoms with van der Waals surface area (Å²) in [5, 5.41) is 0.754. The van der Waals surface area contributed by atoms with Crippen molar-refractivity contribution in [3.8, 4) is 5.75 Å². The van der Waals surface area contributed by atoms with Crippen LogP contribution in [0.2, 0.25) is 5.02 Å². The van der Waals surface area contributed by atoms with E-state index in [0.29, 0.717) is 5.92 Å². The SMILES string of the molecule is CC1=C(C)C(C)[C]([Ti][O]c2cc(Cl)cc(C(C)(C)C)c2)=C1C.Cl.Cl. The topological polar surface area (TPSA) is 9.23 Å². The first kappa shape index (κ1) is 24.1. The number of hydrogen-bond acceptors (Lipinski definition) is 1. The van der Waals surface area contributed by atoms with Crippen LogP contribution in [0.5, 0.6) is 5.75 Å². The van der Waals surface area contributed by atoms with E-state index in [0.717, 1.165) is 10.8 Å². The first-order chi connectivity index (χ1) is 10.1. The second-order valence-electron chi connectivity index (χ2n) is 7.20. The van der Waals surface area contributed by atoms with Crippen molar-refractivity contribution in [3.63, 3.8) is 0 Å². The first-order valence-corrected chi connectivity index (χ1v) is 9.53. The molecule has 0 N–H and O–H groups in total. The van der Waals surface area contributed by atoms with Crippen LogP contribution in [-0.4, -0.2) is 0 Å². The van der Waals surface area contributed by atoms with Crippen LogP contribution in [0.25, 0.3) is 0 Å². The molecule has 1 aromatic carbocycles. The first-order valence-electron chi connectivity index (χ1n) is 7.73. The van der Waals surface area contributed by atoms with Crippen molar-refractivity contribution < 1.29 is 22.9 Å². The van der Waals surface area contributed by atoms with Crippen LogP contribution in [-0.2, 0) is 25.0 Å². The molecule has 0 bridgehead atoms. The van der Waals surface area contributed by atoms with E-state index in [-0.39, 0.29) is 30.2 Å². The van der Waals surface area contributed by atoms with Gasteiger partial charge in [-0.15, -0.1) is 24.8 Å². The average molecular weight is 426 g/mol. The van der Waals surface area contributed by atoms with E-state index in [2.05, 4.69) is 54.5 Å². The van der Waals surface area contributed by atoms with E-state index in [1.807, 2.05) is 12.1 Å². The second kappa shape index (κ2) is 9.15. The van der Waals surface area contributed by atoms with Crippen molar-refractivity contribution in [2.24, 2.45) is 5.92 Å². The molecule has 0 heterocycles. The Balaban J connectivity index is 0.00000264. The fourth-order valence-corrected chi connectivity index (χ4v) is 4.61. The molecule has 1 unspecified atom stereocenters. The molecule has 0 saturated carbocycles. The van der Waals surface area contributed by atoms with Crippen LogP contribution in [0.4, 0.5) is 0 Å². The van der Waals surface area contributed by atoms with Gasteiger partial charge in [-0.3, -0.25) is 0 Å². The number of hydrogen-bond donors (Lipinski definition) is 0. The summed E-state index contributed by atoms with van der Waals surface area (Å²) in [6.07, 6.45) is 0. The third kappa shape index (κ3) is 5.29. The van der Waals surface area contributed by atoms with Gasteiger partial charge in [-0.05, 0) is 0 Å². The molecule has 1 atom stereocenters. The predicted octanol–water partition coefficient (Wildman–Crippen LogP) is 7.12. The largest absolute Gasteiger partial charge is 0.147 e. The molecule has 0 aliphatic heterocycles. The maximum Gasteiger partial charge on any atom is -0.147 e. The van der Waals surface area contributed by atoms with Gasteiger partial charge in [0.05, 0.1) is 0 Å². The zero-order chi connectivity index (χ0) is 16.7. The standard InChI is InChI=1S/C10H13ClO.C9H13.2ClH.Ti/c1-10(2,3)7-4-8(11)6-9(12)5-7;1-6-5-7(2)9(4)8(6)3;;;/h4-6,12H,1-3H3;6H,1-4H3;2*1H;/q;;;;+1/p-1. The molecule has 5 heteroatoms. The van der Waals surface area contributed by atoms with Gasteiger partial charge in [0.15, 0.2) is 0 Å².